The van der Waals surface area contributed by atoms with Crippen molar-refractivity contribution in [2.45, 2.75) is 59.2 Å². The Kier molecular flexibility index (Phi) is 15.6. The molecule has 7 aromatic heterocycles. The minimum Gasteiger partial charge on any atom is -0.395 e. The van der Waals surface area contributed by atoms with Crippen LogP contribution in [-0.2, 0) is 9.59 Å². The van der Waals surface area contributed by atoms with Gasteiger partial charge < -0.3 is 37.0 Å². The number of carbonyl (C=O) groups is 6. The fraction of sp³-hybridized carbons (Fsp3) is 0.341. The van der Waals surface area contributed by atoms with Gasteiger partial charge in [-0.05, 0) is 30.9 Å². The first-order valence-electron chi connectivity index (χ1n) is 21.7. The van der Waals surface area contributed by atoms with Crippen molar-refractivity contribution in [1.82, 2.24) is 66.8 Å². The van der Waals surface area contributed by atoms with Crippen molar-refractivity contribution in [3.05, 3.63) is 81.7 Å². The van der Waals surface area contributed by atoms with E-state index in [1.807, 2.05) is 38.5 Å². The van der Waals surface area contributed by atoms with Crippen LogP contribution in [0.15, 0.2) is 39.0 Å². The Morgan fingerprint density at radius 3 is 2.03 bits per heavy atom. The topological polar surface area (TPSA) is 285 Å². The number of aliphatic hydroxyl groups excluding tert-OH is 1. The molecule has 0 saturated heterocycles. The van der Waals surface area contributed by atoms with Crippen LogP contribution in [0.2, 0.25) is 0 Å². The molecule has 0 aliphatic carbocycles. The molecule has 364 valence electrons. The van der Waals surface area contributed by atoms with Gasteiger partial charge in [0, 0.05) is 50.9 Å². The molecule has 0 saturated carbocycles. The van der Waals surface area contributed by atoms with Crippen LogP contribution < -0.4 is 31.9 Å². The molecule has 6 amide bonds. The highest BCUT2D eigenvalue weighted by molar-refractivity contribution is 7.15. The van der Waals surface area contributed by atoms with Crippen LogP contribution in [0.4, 0.5) is 0 Å². The number of fused-ring (bicyclic) bond motifs is 14. The van der Waals surface area contributed by atoms with E-state index in [4.69, 9.17) is 19.9 Å². The number of pyridine rings is 1. The predicted octanol–water partition coefficient (Wildman–Crippen LogP) is 5.81. The van der Waals surface area contributed by atoms with Gasteiger partial charge in [-0.25, -0.2) is 34.9 Å². The number of amides is 6. The summed E-state index contributed by atoms with van der Waals surface area (Å²) in [7, 11) is 1.48. The molecule has 0 spiro atoms. The number of nitrogens with one attached hydrogen (secondary N) is 6. The third-order valence-corrected chi connectivity index (χ3v) is 16.2. The van der Waals surface area contributed by atoms with Crippen molar-refractivity contribution in [2.75, 3.05) is 26.7 Å². The summed E-state index contributed by atoms with van der Waals surface area (Å²) in [4.78, 5) is 114. The largest absolute Gasteiger partial charge is 0.395 e. The third-order valence-electron chi connectivity index (χ3n) is 10.6. The van der Waals surface area contributed by atoms with Crippen LogP contribution in [0.5, 0.6) is 0 Å². The second-order valence-electron chi connectivity index (χ2n) is 16.4. The SMILES string of the molecule is CNC(=O)CC1NC(=O)c2csc(n2)-c2ccc(-c3nc(C(=O)NCCO)cs3)nc2-c2csc(n2)-c2csc(n2)C(C(C)C)NC(=O)CNC(=O)c2csc(n2)C(C(C)C)NC(=O)c2nc1sc2C. The molecule has 70 heavy (non-hydrogen) atoms. The molecule has 7 N–H and O–H groups in total. The molecule has 1 aliphatic rings. The number of thiazole rings is 6. The molecule has 0 radical (unpaired) electrons. The van der Waals surface area contributed by atoms with Gasteiger partial charge in [-0.1, -0.05) is 27.7 Å². The van der Waals surface area contributed by atoms with E-state index in [1.165, 1.54) is 75.1 Å². The Hall–Kier alpha value is -6.29. The maximum absolute atomic E-state index is 14.1. The van der Waals surface area contributed by atoms with Crippen molar-refractivity contribution >= 4 is 103 Å². The van der Waals surface area contributed by atoms with E-state index in [9.17, 15) is 33.9 Å². The number of carbonyl (C=O) groups excluding carboxylic acids is 6. The Labute approximate surface area is 424 Å². The second kappa shape index (κ2) is 21.8. The molecule has 20 nitrogen and oxygen atoms in total. The molecule has 8 rings (SSSR count). The number of hydrogen-bond donors (Lipinski definition) is 7. The second-order valence-corrected chi connectivity index (χ2v) is 21.9. The molecule has 0 aromatic carbocycles. The van der Waals surface area contributed by atoms with Crippen LogP contribution in [-0.4, -0.2) is 102 Å². The van der Waals surface area contributed by atoms with E-state index >= 15 is 0 Å². The molecule has 10 bridgehead atoms. The molecule has 7 aromatic rings. The zero-order valence-electron chi connectivity index (χ0n) is 38.2. The van der Waals surface area contributed by atoms with Gasteiger partial charge in [0.25, 0.3) is 23.6 Å². The Balaban J connectivity index is 1.19. The first kappa shape index (κ1) is 50.1. The maximum Gasteiger partial charge on any atom is 0.271 e. The smallest absolute Gasteiger partial charge is 0.271 e. The lowest BCUT2D eigenvalue weighted by atomic mass is 10.0. The van der Waals surface area contributed by atoms with E-state index < -0.39 is 47.7 Å². The summed E-state index contributed by atoms with van der Waals surface area (Å²) in [5.74, 6) is -3.14. The minimum absolute atomic E-state index is 0.0580. The molecule has 8 heterocycles. The normalized spacial score (nSPS) is 16.8. The summed E-state index contributed by atoms with van der Waals surface area (Å²) >= 11 is 7.47. The molecule has 26 heteroatoms. The third kappa shape index (κ3) is 11.2. The van der Waals surface area contributed by atoms with Crippen molar-refractivity contribution in [3.8, 4) is 43.4 Å². The fourth-order valence-corrected chi connectivity index (χ4v) is 12.4. The summed E-state index contributed by atoms with van der Waals surface area (Å²) < 4.78 is 0. The highest BCUT2D eigenvalue weighted by atomic mass is 32.1. The van der Waals surface area contributed by atoms with Crippen LogP contribution in [0.3, 0.4) is 0 Å². The van der Waals surface area contributed by atoms with Crippen molar-refractivity contribution < 1.29 is 33.9 Å². The summed E-state index contributed by atoms with van der Waals surface area (Å²) in [5, 5.41) is 37.3. The summed E-state index contributed by atoms with van der Waals surface area (Å²) in [6, 6.07) is 1.48. The first-order chi connectivity index (χ1) is 33.6. The fourth-order valence-electron chi connectivity index (χ4n) is 6.98. The maximum atomic E-state index is 14.1. The standard InChI is InChI=1S/C44H45N13O7S6/c1-18(2)31-43-54-28(17-69-43)41-50-24(13-66-41)34-21(7-8-22(48-34)40-52-25(14-67-40)35(61)46-9-10-58)39-51-27(16-65-39)37(63)49-23(11-29(59)45-6)42-57-33(20(5)70-42)38(64)56-32(19(3)4)44-53-26(15-68-44)36(62)47-12-30(60)55-31/h7-8,13-19,23,31-32,58H,9-12H2,1-6H3,(H,45,59)(H,46,61)(H,47,62)(H,49,63)(H,55,60)(H,56,64). The van der Waals surface area contributed by atoms with E-state index in [0.717, 1.165) is 0 Å². The van der Waals surface area contributed by atoms with E-state index in [-0.39, 0.29) is 66.6 Å². The zero-order chi connectivity index (χ0) is 49.8. The Bertz CT molecular complexity index is 3100. The van der Waals surface area contributed by atoms with Crippen LogP contribution >= 0.6 is 68.0 Å². The quantitative estimate of drug-likeness (QED) is 0.0946. The summed E-state index contributed by atoms with van der Waals surface area (Å²) in [6.45, 7) is 8.96. The van der Waals surface area contributed by atoms with E-state index in [1.54, 1.807) is 35.2 Å². The number of aliphatic hydroxyl groups is 1. The van der Waals surface area contributed by atoms with Crippen molar-refractivity contribution in [3.63, 3.8) is 0 Å². The van der Waals surface area contributed by atoms with Crippen LogP contribution in [0, 0.1) is 18.8 Å². The van der Waals surface area contributed by atoms with Gasteiger partial charge in [-0.3, -0.25) is 28.8 Å². The van der Waals surface area contributed by atoms with Crippen molar-refractivity contribution in [1.29, 1.82) is 0 Å². The molecule has 0 fully saturated rings. The lowest BCUT2D eigenvalue weighted by molar-refractivity contribution is -0.122. The highest BCUT2D eigenvalue weighted by Crippen LogP contribution is 2.39. The zero-order valence-corrected chi connectivity index (χ0v) is 43.1. The van der Waals surface area contributed by atoms with Crippen LogP contribution in [0.1, 0.15) is 114 Å². The molecule has 3 unspecified atom stereocenters. The summed E-state index contributed by atoms with van der Waals surface area (Å²) in [5.41, 5.74) is 2.84. The summed E-state index contributed by atoms with van der Waals surface area (Å²) in [6.07, 6.45) is -0.185. The van der Waals surface area contributed by atoms with Gasteiger partial charge in [-0.15, -0.1) is 68.0 Å². The van der Waals surface area contributed by atoms with Gasteiger partial charge in [0.15, 0.2) is 0 Å². The Morgan fingerprint density at radius 2 is 1.30 bits per heavy atom. The minimum atomic E-state index is -0.942. The van der Waals surface area contributed by atoms with Gasteiger partial charge in [0.1, 0.15) is 69.9 Å². The predicted molar refractivity (Wildman–Crippen MR) is 269 cm³/mol. The van der Waals surface area contributed by atoms with E-state index in [2.05, 4.69) is 46.9 Å². The number of rotatable bonds is 8. The number of aryl methyl sites for hydroxylation is 1. The molecular formula is C44H45N13O7S6. The average molecular weight is 1060 g/mol. The molecule has 1 aliphatic heterocycles. The number of hydrogen-bond acceptors (Lipinski definition) is 20. The van der Waals surface area contributed by atoms with Gasteiger partial charge >= 0.3 is 0 Å². The Morgan fingerprint density at radius 1 is 0.671 bits per heavy atom. The monoisotopic (exact) mass is 1060 g/mol. The molecule has 3 atom stereocenters. The van der Waals surface area contributed by atoms with Gasteiger partial charge in [0.05, 0.1) is 43.4 Å². The lowest BCUT2D eigenvalue weighted by Crippen LogP contribution is -2.40. The molecular weight excluding hydrogens is 1010 g/mol. The van der Waals surface area contributed by atoms with E-state index in [0.29, 0.717) is 63.3 Å². The first-order valence-corrected chi connectivity index (χ1v) is 26.9. The average Bonchev–Trinajstić information content (AvgIpc) is 4.21. The van der Waals surface area contributed by atoms with Crippen molar-refractivity contribution in [2.24, 2.45) is 11.8 Å². The number of nitrogens with zero attached hydrogens (tertiary/aromatic N) is 7. The lowest BCUT2D eigenvalue weighted by Gasteiger charge is -2.20. The van der Waals surface area contributed by atoms with Gasteiger partial charge in [-0.2, -0.15) is 0 Å². The van der Waals surface area contributed by atoms with Gasteiger partial charge in [0.2, 0.25) is 11.8 Å². The number of aromatic nitrogens is 7. The van der Waals surface area contributed by atoms with Crippen LogP contribution in [0.25, 0.3) is 43.4 Å². The highest BCUT2D eigenvalue weighted by Gasteiger charge is 2.31.